The first-order valence-corrected chi connectivity index (χ1v) is 9.58. The number of carbonyl (C=O) groups is 2. The molecule has 0 aromatic heterocycles. The van der Waals surface area contributed by atoms with Gasteiger partial charge in [-0.2, -0.15) is 0 Å². The number of hydrogen-bond acceptors (Lipinski definition) is 3. The molecule has 3 heterocycles. The van der Waals surface area contributed by atoms with Crippen LogP contribution in [-0.4, -0.2) is 53.8 Å². The number of nitrogens with zero attached hydrogens (tertiary/aromatic N) is 2. The third-order valence-electron chi connectivity index (χ3n) is 6.22. The Balaban J connectivity index is 1.50. The lowest BCUT2D eigenvalue weighted by atomic mass is 9.79. The van der Waals surface area contributed by atoms with Gasteiger partial charge in [-0.3, -0.25) is 14.5 Å². The molecule has 3 aliphatic heterocycles. The summed E-state index contributed by atoms with van der Waals surface area (Å²) in [6, 6.07) is 10.5. The van der Waals surface area contributed by atoms with Crippen molar-refractivity contribution in [1.82, 2.24) is 15.1 Å². The van der Waals surface area contributed by atoms with Crippen molar-refractivity contribution in [2.24, 2.45) is 0 Å². The van der Waals surface area contributed by atoms with Crippen molar-refractivity contribution in [2.75, 3.05) is 26.2 Å². The van der Waals surface area contributed by atoms with Gasteiger partial charge < -0.3 is 10.2 Å². The van der Waals surface area contributed by atoms with Gasteiger partial charge >= 0.3 is 0 Å². The molecule has 0 bridgehead atoms. The van der Waals surface area contributed by atoms with Crippen LogP contribution in [0, 0.1) is 0 Å². The van der Waals surface area contributed by atoms with Crippen molar-refractivity contribution in [3.63, 3.8) is 0 Å². The molecule has 5 heteroatoms. The van der Waals surface area contributed by atoms with Crippen LogP contribution in [0.5, 0.6) is 0 Å². The first-order valence-electron chi connectivity index (χ1n) is 9.58. The van der Waals surface area contributed by atoms with Crippen molar-refractivity contribution in [1.29, 1.82) is 0 Å². The molecule has 0 radical (unpaired) electrons. The van der Waals surface area contributed by atoms with E-state index < -0.39 is 0 Å². The van der Waals surface area contributed by atoms with Gasteiger partial charge in [-0.15, -0.1) is 0 Å². The molecule has 1 N–H and O–H groups in total. The molecule has 3 fully saturated rings. The van der Waals surface area contributed by atoms with Crippen molar-refractivity contribution in [3.05, 3.63) is 35.9 Å². The first kappa shape index (κ1) is 16.6. The van der Waals surface area contributed by atoms with E-state index in [1.54, 1.807) is 0 Å². The topological polar surface area (TPSA) is 52.7 Å². The van der Waals surface area contributed by atoms with Gasteiger partial charge in [0, 0.05) is 25.0 Å². The highest BCUT2D eigenvalue weighted by atomic mass is 16.2. The van der Waals surface area contributed by atoms with Gasteiger partial charge in [0.1, 0.15) is 6.04 Å². The summed E-state index contributed by atoms with van der Waals surface area (Å²) in [6.07, 6.45) is 5.61. The van der Waals surface area contributed by atoms with E-state index in [0.29, 0.717) is 12.8 Å². The summed E-state index contributed by atoms with van der Waals surface area (Å²) in [5.74, 6) is 0.111. The quantitative estimate of drug-likeness (QED) is 0.913. The second kappa shape index (κ2) is 6.79. The van der Waals surface area contributed by atoms with Crippen LogP contribution in [-0.2, 0) is 15.1 Å². The first-order chi connectivity index (χ1) is 12.2. The predicted molar refractivity (Wildman–Crippen MR) is 95.9 cm³/mol. The highest BCUT2D eigenvalue weighted by molar-refractivity contribution is 5.90. The third kappa shape index (κ3) is 3.06. The fourth-order valence-electron chi connectivity index (χ4n) is 4.80. The molecule has 3 aliphatic rings. The van der Waals surface area contributed by atoms with E-state index in [1.807, 2.05) is 4.90 Å². The van der Waals surface area contributed by atoms with Crippen molar-refractivity contribution < 1.29 is 9.59 Å². The second-order valence-electron chi connectivity index (χ2n) is 7.58. The van der Waals surface area contributed by atoms with Crippen LogP contribution in [0.2, 0.25) is 0 Å². The van der Waals surface area contributed by atoms with Crippen LogP contribution >= 0.6 is 0 Å². The van der Waals surface area contributed by atoms with Gasteiger partial charge in [0.2, 0.25) is 11.8 Å². The number of nitrogens with one attached hydrogen (secondary N) is 1. The Bertz CT molecular complexity index is 632. The average Bonchev–Trinajstić information content (AvgIpc) is 3.34. The van der Waals surface area contributed by atoms with Crippen LogP contribution < -0.4 is 5.32 Å². The lowest BCUT2D eigenvalue weighted by Crippen LogP contribution is -2.55. The monoisotopic (exact) mass is 341 g/mol. The van der Waals surface area contributed by atoms with E-state index in [0.717, 1.165) is 39.0 Å². The van der Waals surface area contributed by atoms with E-state index in [9.17, 15) is 9.59 Å². The number of amides is 2. The molecule has 0 saturated carbocycles. The largest absolute Gasteiger partial charge is 0.344 e. The molecule has 134 valence electrons. The van der Waals surface area contributed by atoms with E-state index in [1.165, 1.54) is 18.4 Å². The molecule has 1 atom stereocenters. The minimum Gasteiger partial charge on any atom is -0.344 e. The summed E-state index contributed by atoms with van der Waals surface area (Å²) >= 11 is 0. The molecule has 1 aromatic carbocycles. The van der Waals surface area contributed by atoms with E-state index >= 15 is 0 Å². The average molecular weight is 341 g/mol. The number of benzene rings is 1. The Labute approximate surface area is 149 Å². The standard InChI is InChI=1S/C20H27N3O2/c24-18-9-8-17(21-18)19(25)22-14-10-20(11-15-22,23-12-4-5-13-23)16-6-2-1-3-7-16/h1-3,6-7,17H,4-5,8-15H2,(H,21,24)/t17-/m1/s1. The zero-order chi connectivity index (χ0) is 17.3. The van der Waals surface area contributed by atoms with Gasteiger partial charge in [0.15, 0.2) is 0 Å². The van der Waals surface area contributed by atoms with Gasteiger partial charge in [-0.25, -0.2) is 0 Å². The Hall–Kier alpha value is -1.88. The predicted octanol–water partition coefficient (Wildman–Crippen LogP) is 1.88. The zero-order valence-corrected chi connectivity index (χ0v) is 14.7. The second-order valence-corrected chi connectivity index (χ2v) is 7.58. The van der Waals surface area contributed by atoms with Crippen LogP contribution in [0.3, 0.4) is 0 Å². The van der Waals surface area contributed by atoms with Gasteiger partial charge in [0.05, 0.1) is 0 Å². The van der Waals surface area contributed by atoms with Crippen LogP contribution in [0.15, 0.2) is 30.3 Å². The van der Waals surface area contributed by atoms with Crippen molar-refractivity contribution >= 4 is 11.8 Å². The third-order valence-corrected chi connectivity index (χ3v) is 6.22. The summed E-state index contributed by atoms with van der Waals surface area (Å²) in [5, 5.41) is 2.82. The van der Waals surface area contributed by atoms with Crippen molar-refractivity contribution in [3.8, 4) is 0 Å². The van der Waals surface area contributed by atoms with Crippen molar-refractivity contribution in [2.45, 2.75) is 50.1 Å². The minimum atomic E-state index is -0.302. The number of hydrogen-bond donors (Lipinski definition) is 1. The Kier molecular flexibility index (Phi) is 4.50. The summed E-state index contributed by atoms with van der Waals surface area (Å²) in [7, 11) is 0. The van der Waals surface area contributed by atoms with Crippen LogP contribution in [0.25, 0.3) is 0 Å². The maximum Gasteiger partial charge on any atom is 0.245 e. The normalized spacial score (nSPS) is 26.6. The van der Waals surface area contributed by atoms with Gasteiger partial charge in [-0.05, 0) is 50.8 Å². The highest BCUT2D eigenvalue weighted by Gasteiger charge is 2.44. The molecule has 4 rings (SSSR count). The summed E-state index contributed by atoms with van der Waals surface area (Å²) < 4.78 is 0. The van der Waals surface area contributed by atoms with E-state index in [4.69, 9.17) is 0 Å². The van der Waals surface area contributed by atoms with Crippen LogP contribution in [0.4, 0.5) is 0 Å². The molecule has 0 spiro atoms. The Morgan fingerprint density at radius 2 is 1.72 bits per heavy atom. The molecule has 25 heavy (non-hydrogen) atoms. The molecule has 5 nitrogen and oxygen atoms in total. The molecule has 3 saturated heterocycles. The van der Waals surface area contributed by atoms with E-state index in [2.05, 4.69) is 40.5 Å². The minimum absolute atomic E-state index is 0.00561. The lowest BCUT2D eigenvalue weighted by Gasteiger charge is -2.48. The zero-order valence-electron chi connectivity index (χ0n) is 14.7. The maximum atomic E-state index is 12.7. The highest BCUT2D eigenvalue weighted by Crippen LogP contribution is 2.41. The molecule has 0 unspecified atom stereocenters. The molecular formula is C20H27N3O2. The molecule has 2 amide bonds. The SMILES string of the molecule is O=C1CC[C@H](C(=O)N2CCC(c3ccccc3)(N3CCCC3)CC2)N1. The smallest absolute Gasteiger partial charge is 0.245 e. The molecule has 0 aliphatic carbocycles. The number of rotatable bonds is 3. The Morgan fingerprint density at radius 3 is 2.32 bits per heavy atom. The summed E-state index contributed by atoms with van der Waals surface area (Å²) in [4.78, 5) is 28.7. The fraction of sp³-hybridized carbons (Fsp3) is 0.600. The van der Waals surface area contributed by atoms with Gasteiger partial charge in [-0.1, -0.05) is 30.3 Å². The fourth-order valence-corrected chi connectivity index (χ4v) is 4.80. The number of carbonyl (C=O) groups excluding carboxylic acids is 2. The summed E-state index contributed by atoms with van der Waals surface area (Å²) in [5.41, 5.74) is 1.45. The lowest BCUT2D eigenvalue weighted by molar-refractivity contribution is -0.137. The Morgan fingerprint density at radius 1 is 1.04 bits per heavy atom. The molecule has 1 aromatic rings. The number of likely N-dealkylation sites (tertiary alicyclic amines) is 2. The van der Waals surface area contributed by atoms with Crippen LogP contribution in [0.1, 0.15) is 44.1 Å². The van der Waals surface area contributed by atoms with E-state index in [-0.39, 0.29) is 23.4 Å². The van der Waals surface area contributed by atoms with Gasteiger partial charge in [0.25, 0.3) is 0 Å². The summed E-state index contributed by atoms with van der Waals surface area (Å²) in [6.45, 7) is 3.86. The maximum absolute atomic E-state index is 12.7. The molecular weight excluding hydrogens is 314 g/mol. The number of piperidine rings is 1.